The first-order chi connectivity index (χ1) is 3.84. The molecule has 0 saturated carbocycles. The topological polar surface area (TPSA) is 77.9 Å². The van der Waals surface area contributed by atoms with Gasteiger partial charge in [-0.3, -0.25) is 4.79 Å². The molecule has 0 bridgehead atoms. The Kier molecular flexibility index (Phi) is 0.908. The van der Waals surface area contributed by atoms with E-state index in [-0.39, 0.29) is 5.84 Å². The maximum atomic E-state index is 10.3. The van der Waals surface area contributed by atoms with Crippen LogP contribution in [0.25, 0.3) is 5.53 Å². The maximum Gasteiger partial charge on any atom is 0.427 e. The molecule has 0 spiro atoms. The number of rotatable bonds is 0. The van der Waals surface area contributed by atoms with Crippen molar-refractivity contribution in [2.45, 2.75) is 0 Å². The molecule has 0 aromatic heterocycles. The Morgan fingerprint density at radius 2 is 2.62 bits per heavy atom. The van der Waals surface area contributed by atoms with E-state index in [1.165, 1.54) is 0 Å². The molecule has 1 rings (SSSR count). The summed E-state index contributed by atoms with van der Waals surface area (Å²) in [6.45, 7) is 0. The van der Waals surface area contributed by atoms with Crippen molar-refractivity contribution in [3.05, 3.63) is 5.53 Å². The fourth-order valence-electron chi connectivity index (χ4n) is 0.340. The molecule has 5 heteroatoms. The quantitative estimate of drug-likeness (QED) is 0.313. The highest BCUT2D eigenvalue weighted by Crippen LogP contribution is 1.76. The van der Waals surface area contributed by atoms with E-state index >= 15 is 0 Å². The van der Waals surface area contributed by atoms with Gasteiger partial charge in [0.2, 0.25) is 0 Å². The van der Waals surface area contributed by atoms with E-state index < -0.39 is 5.78 Å². The summed E-state index contributed by atoms with van der Waals surface area (Å²) < 4.78 is 0. The van der Waals surface area contributed by atoms with Crippen LogP contribution in [-0.4, -0.2) is 22.6 Å². The third-order valence-corrected chi connectivity index (χ3v) is 0.686. The lowest BCUT2D eigenvalue weighted by Crippen LogP contribution is -2.20. The predicted molar refractivity (Wildman–Crippen MR) is 25.3 cm³/mol. The summed E-state index contributed by atoms with van der Waals surface area (Å²) in [5, 5.41) is 3.30. The third kappa shape index (κ3) is 0.506. The molecule has 0 aromatic carbocycles. The van der Waals surface area contributed by atoms with Crippen LogP contribution in [0.2, 0.25) is 0 Å². The monoisotopic (exact) mass is 110 g/mol. The van der Waals surface area contributed by atoms with Crippen LogP contribution in [0.15, 0.2) is 5.10 Å². The van der Waals surface area contributed by atoms with Crippen molar-refractivity contribution < 1.29 is 9.58 Å². The Hall–Kier alpha value is -1.48. The number of Topliss-reactive ketones (excluding diaryl/α,β-unsaturated/α-hetero) is 1. The minimum absolute atomic E-state index is 0.134. The number of hydrogen-bond acceptors (Lipinski definition) is 2. The van der Waals surface area contributed by atoms with E-state index in [9.17, 15) is 4.79 Å². The number of nitrogens with zero attached hydrogens (tertiary/aromatic N) is 3. The molecule has 0 aliphatic carbocycles. The smallest absolute Gasteiger partial charge is 0.427 e. The van der Waals surface area contributed by atoms with Crippen molar-refractivity contribution in [2.75, 3.05) is 0 Å². The fourth-order valence-corrected chi connectivity index (χ4v) is 0.340. The summed E-state index contributed by atoms with van der Waals surface area (Å²) in [5.41, 5.74) is 10.1. The van der Waals surface area contributed by atoms with Gasteiger partial charge < -0.3 is 10.3 Å². The zero-order valence-electron chi connectivity index (χ0n) is 3.83. The maximum absolute atomic E-state index is 10.3. The number of ketones is 1. The first-order valence-electron chi connectivity index (χ1n) is 1.90. The number of hydrogen-bond donors (Lipinski definition) is 1. The van der Waals surface area contributed by atoms with Gasteiger partial charge in [0.05, 0.1) is 0 Å². The molecule has 0 fully saturated rings. The summed E-state index contributed by atoms with van der Waals surface area (Å²) in [5.74, 6) is -0.544. The van der Waals surface area contributed by atoms with Gasteiger partial charge in [-0.2, -0.15) is 0 Å². The summed E-state index contributed by atoms with van der Waals surface area (Å²) in [7, 11) is 0. The van der Waals surface area contributed by atoms with Gasteiger partial charge in [-0.05, 0) is 0 Å². The largest absolute Gasteiger partial charge is 0.497 e. The standard InChI is InChI=1S/C3H2N4O/c4-6-3-2(8)1-5-7-3/h1,7H. The van der Waals surface area contributed by atoms with Gasteiger partial charge in [0.1, 0.15) is 6.21 Å². The normalized spacial score (nSPS) is 16.0. The van der Waals surface area contributed by atoms with Gasteiger partial charge >= 0.3 is 11.6 Å². The van der Waals surface area contributed by atoms with Crippen LogP contribution in [0.1, 0.15) is 0 Å². The van der Waals surface area contributed by atoms with Crippen molar-refractivity contribution in [1.82, 2.24) is 5.43 Å². The van der Waals surface area contributed by atoms with Crippen LogP contribution in [0, 0.1) is 0 Å². The highest BCUT2D eigenvalue weighted by atomic mass is 16.1. The Morgan fingerprint density at radius 3 is 2.88 bits per heavy atom. The zero-order valence-corrected chi connectivity index (χ0v) is 3.83. The van der Waals surface area contributed by atoms with Crippen molar-refractivity contribution >= 4 is 17.8 Å². The van der Waals surface area contributed by atoms with Crippen LogP contribution >= 0.6 is 0 Å². The van der Waals surface area contributed by atoms with Crippen LogP contribution < -0.4 is 5.43 Å². The van der Waals surface area contributed by atoms with E-state index in [0.717, 1.165) is 6.21 Å². The van der Waals surface area contributed by atoms with Crippen LogP contribution in [-0.2, 0) is 4.79 Å². The molecule has 0 unspecified atom stereocenters. The third-order valence-electron chi connectivity index (χ3n) is 0.686. The van der Waals surface area contributed by atoms with E-state index in [0.29, 0.717) is 0 Å². The summed E-state index contributed by atoms with van der Waals surface area (Å²) in [4.78, 5) is 12.9. The molecule has 8 heavy (non-hydrogen) atoms. The molecule has 0 amide bonds. The number of amidine groups is 1. The second-order valence-corrected chi connectivity index (χ2v) is 1.18. The summed E-state index contributed by atoms with van der Waals surface area (Å²) >= 11 is 0. The summed E-state index contributed by atoms with van der Waals surface area (Å²) in [6.07, 6.45) is 1.04. The van der Waals surface area contributed by atoms with Gasteiger partial charge in [0.25, 0.3) is 0 Å². The van der Waals surface area contributed by atoms with E-state index in [1.54, 1.807) is 0 Å². The Morgan fingerprint density at radius 1 is 1.88 bits per heavy atom. The van der Waals surface area contributed by atoms with Gasteiger partial charge in [-0.1, -0.05) is 5.10 Å². The highest BCUT2D eigenvalue weighted by molar-refractivity contribution is 6.60. The van der Waals surface area contributed by atoms with Crippen molar-refractivity contribution in [2.24, 2.45) is 5.10 Å². The molecule has 1 aliphatic rings. The van der Waals surface area contributed by atoms with Crippen LogP contribution in [0.4, 0.5) is 0 Å². The minimum Gasteiger partial charge on any atom is -0.497 e. The first kappa shape index (κ1) is 4.67. The summed E-state index contributed by atoms with van der Waals surface area (Å²) in [6, 6.07) is 0. The Balaban J connectivity index is 2.95. The molecule has 0 aromatic rings. The van der Waals surface area contributed by atoms with Gasteiger partial charge in [0, 0.05) is 0 Å². The molecule has 1 aliphatic heterocycles. The second-order valence-electron chi connectivity index (χ2n) is 1.18. The molecule has 0 saturated heterocycles. The lowest BCUT2D eigenvalue weighted by Gasteiger charge is -1.72. The average Bonchev–Trinajstić information content (AvgIpc) is 2.14. The molecule has 0 radical (unpaired) electrons. The van der Waals surface area contributed by atoms with Gasteiger partial charge in [-0.25, -0.2) is 0 Å². The molecule has 40 valence electrons. The number of hydrazone groups is 1. The second kappa shape index (κ2) is 1.55. The van der Waals surface area contributed by atoms with E-state index in [2.05, 4.69) is 15.3 Å². The lowest BCUT2D eigenvalue weighted by atomic mass is 10.4. The van der Waals surface area contributed by atoms with Crippen molar-refractivity contribution in [3.8, 4) is 0 Å². The molecular formula is C3H2N4O. The van der Waals surface area contributed by atoms with E-state index in [1.807, 2.05) is 0 Å². The Labute approximate surface area is 44.6 Å². The lowest BCUT2D eigenvalue weighted by molar-refractivity contribution is -0.111. The zero-order chi connectivity index (χ0) is 5.98. The number of carbonyl (C=O) groups excluding carboxylic acids is 1. The molecule has 1 heterocycles. The first-order valence-corrected chi connectivity index (χ1v) is 1.90. The predicted octanol–water partition coefficient (Wildman–Crippen LogP) is -1.23. The van der Waals surface area contributed by atoms with Gasteiger partial charge in [-0.15, -0.1) is 5.43 Å². The van der Waals surface area contributed by atoms with Crippen molar-refractivity contribution in [1.29, 1.82) is 0 Å². The average molecular weight is 110 g/mol. The van der Waals surface area contributed by atoms with E-state index in [4.69, 9.17) is 5.53 Å². The molecule has 1 N–H and O–H groups in total. The SMILES string of the molecule is [N-]=[N+]=C1NN=CC1=O. The molecule has 0 atom stereocenters. The van der Waals surface area contributed by atoms with Gasteiger partial charge in [0.15, 0.2) is 0 Å². The Bertz CT molecular complexity index is 199. The molecular weight excluding hydrogens is 108 g/mol. The van der Waals surface area contributed by atoms with Crippen LogP contribution in [0.3, 0.4) is 0 Å². The number of nitrogens with one attached hydrogen (secondary N) is 1. The van der Waals surface area contributed by atoms with Crippen LogP contribution in [0.5, 0.6) is 0 Å². The van der Waals surface area contributed by atoms with Crippen molar-refractivity contribution in [3.63, 3.8) is 0 Å². The fraction of sp³-hybridized carbons (Fsp3) is 0. The molecule has 5 nitrogen and oxygen atoms in total. The highest BCUT2D eigenvalue weighted by Gasteiger charge is 2.21. The minimum atomic E-state index is -0.410. The number of carbonyl (C=O) groups is 1.